The maximum absolute atomic E-state index is 11.5. The van der Waals surface area contributed by atoms with Crippen molar-refractivity contribution in [3.63, 3.8) is 0 Å². The number of aliphatic hydroxyl groups excluding tert-OH is 1. The minimum atomic E-state index is -1.58. The molecule has 0 bridgehead atoms. The molecule has 5 nitrogen and oxygen atoms in total. The number of rotatable bonds is 2. The van der Waals surface area contributed by atoms with E-state index in [1.165, 1.54) is 0 Å². The van der Waals surface area contributed by atoms with Crippen molar-refractivity contribution < 1.29 is 24.5 Å². The van der Waals surface area contributed by atoms with Gasteiger partial charge in [-0.3, -0.25) is 9.59 Å². The van der Waals surface area contributed by atoms with Crippen molar-refractivity contribution in [1.82, 2.24) is 0 Å². The minimum absolute atomic E-state index is 0.106. The molecule has 0 heterocycles. The molecule has 0 aliphatic heterocycles. The van der Waals surface area contributed by atoms with Gasteiger partial charge in [-0.2, -0.15) is 0 Å². The van der Waals surface area contributed by atoms with E-state index in [2.05, 4.69) is 20.7 Å². The number of carbonyl (C=O) groups is 2. The Bertz CT molecular complexity index is 280. The zero-order valence-corrected chi connectivity index (χ0v) is 9.86. The Morgan fingerprint density at radius 3 is 2.53 bits per heavy atom. The Labute approximate surface area is 95.5 Å². The molecule has 15 heavy (non-hydrogen) atoms. The summed E-state index contributed by atoms with van der Waals surface area (Å²) in [5.74, 6) is -2.01. The molecule has 3 atom stereocenters. The lowest BCUT2D eigenvalue weighted by Gasteiger charge is -2.35. The number of halogens is 1. The molecule has 0 spiro atoms. The van der Waals surface area contributed by atoms with Crippen LogP contribution in [0.2, 0.25) is 0 Å². The van der Waals surface area contributed by atoms with Gasteiger partial charge in [-0.25, -0.2) is 0 Å². The monoisotopic (exact) mass is 280 g/mol. The first-order valence-corrected chi connectivity index (χ1v) is 5.49. The molecule has 0 amide bonds. The lowest BCUT2D eigenvalue weighted by atomic mass is 9.73. The van der Waals surface area contributed by atoms with Gasteiger partial charge >= 0.3 is 11.9 Å². The van der Waals surface area contributed by atoms with Gasteiger partial charge in [-0.05, 0) is 12.8 Å². The number of esters is 1. The van der Waals surface area contributed by atoms with E-state index in [4.69, 9.17) is 5.11 Å². The van der Waals surface area contributed by atoms with E-state index in [1.54, 1.807) is 0 Å². The third-order valence-electron chi connectivity index (χ3n) is 2.81. The summed E-state index contributed by atoms with van der Waals surface area (Å²) < 4.78 is 4.49. The first kappa shape index (κ1) is 12.4. The van der Waals surface area contributed by atoms with Crippen molar-refractivity contribution in [2.45, 2.75) is 30.2 Å². The summed E-state index contributed by atoms with van der Waals surface area (Å²) in [6.07, 6.45) is -0.330. The van der Waals surface area contributed by atoms with E-state index in [1.807, 2.05) is 0 Å². The Kier molecular flexibility index (Phi) is 3.72. The molecule has 1 aliphatic rings. The summed E-state index contributed by atoms with van der Waals surface area (Å²) in [5, 5.41) is 18.7. The Hall–Kier alpha value is -0.620. The number of alkyl halides is 1. The van der Waals surface area contributed by atoms with Crippen LogP contribution in [0.5, 0.6) is 0 Å². The van der Waals surface area contributed by atoms with Gasteiger partial charge in [0.25, 0.3) is 0 Å². The van der Waals surface area contributed by atoms with Crippen molar-refractivity contribution >= 4 is 27.9 Å². The second-order valence-electron chi connectivity index (χ2n) is 3.70. The predicted octanol–water partition coefficient (Wildman–Crippen LogP) is 0.539. The highest BCUT2D eigenvalue weighted by atomic mass is 79.9. The SMILES string of the molecule is COC(=O)[C@]1(C(=O)O)CC[C@H](Br)[C@H](O)C1. The lowest BCUT2D eigenvalue weighted by molar-refractivity contribution is -0.172. The van der Waals surface area contributed by atoms with Gasteiger partial charge in [0.15, 0.2) is 5.41 Å². The van der Waals surface area contributed by atoms with Gasteiger partial charge in [0.2, 0.25) is 0 Å². The van der Waals surface area contributed by atoms with Gasteiger partial charge in [0, 0.05) is 11.2 Å². The van der Waals surface area contributed by atoms with E-state index in [9.17, 15) is 14.7 Å². The van der Waals surface area contributed by atoms with E-state index in [0.29, 0.717) is 6.42 Å². The molecule has 6 heteroatoms. The number of aliphatic carboxylic acids is 1. The van der Waals surface area contributed by atoms with Gasteiger partial charge < -0.3 is 14.9 Å². The van der Waals surface area contributed by atoms with Crippen LogP contribution in [0, 0.1) is 5.41 Å². The normalized spacial score (nSPS) is 35.9. The smallest absolute Gasteiger partial charge is 0.323 e. The molecule has 0 unspecified atom stereocenters. The molecule has 86 valence electrons. The molecular formula is C9H13BrO5. The quantitative estimate of drug-likeness (QED) is 0.438. The molecule has 1 aliphatic carbocycles. The average Bonchev–Trinajstić information content (AvgIpc) is 2.20. The van der Waals surface area contributed by atoms with Crippen LogP contribution in [0.3, 0.4) is 0 Å². The number of hydrogen-bond donors (Lipinski definition) is 2. The van der Waals surface area contributed by atoms with E-state index < -0.39 is 23.5 Å². The first-order valence-electron chi connectivity index (χ1n) is 4.58. The molecule has 0 aromatic rings. The van der Waals surface area contributed by atoms with Crippen LogP contribution < -0.4 is 0 Å². The van der Waals surface area contributed by atoms with E-state index in [0.717, 1.165) is 7.11 Å². The fraction of sp³-hybridized carbons (Fsp3) is 0.778. The zero-order valence-electron chi connectivity index (χ0n) is 8.27. The Morgan fingerprint density at radius 1 is 1.53 bits per heavy atom. The number of methoxy groups -OCH3 is 1. The zero-order chi connectivity index (χ0) is 11.6. The van der Waals surface area contributed by atoms with E-state index in [-0.39, 0.29) is 17.7 Å². The predicted molar refractivity (Wildman–Crippen MR) is 54.7 cm³/mol. The maximum Gasteiger partial charge on any atom is 0.323 e. The summed E-state index contributed by atoms with van der Waals surface area (Å²) in [6, 6.07) is 0. The summed E-state index contributed by atoms with van der Waals surface area (Å²) in [7, 11) is 1.15. The van der Waals surface area contributed by atoms with Crippen LogP contribution in [0.1, 0.15) is 19.3 Å². The summed E-state index contributed by atoms with van der Waals surface area (Å²) in [6.45, 7) is 0. The van der Waals surface area contributed by atoms with Crippen molar-refractivity contribution in [2.24, 2.45) is 5.41 Å². The van der Waals surface area contributed by atoms with Gasteiger partial charge in [-0.1, -0.05) is 15.9 Å². The highest BCUT2D eigenvalue weighted by Crippen LogP contribution is 2.40. The van der Waals surface area contributed by atoms with Gasteiger partial charge in [0.05, 0.1) is 13.2 Å². The molecular weight excluding hydrogens is 268 g/mol. The molecule has 0 saturated heterocycles. The van der Waals surface area contributed by atoms with Crippen molar-refractivity contribution in [2.75, 3.05) is 7.11 Å². The van der Waals surface area contributed by atoms with Crippen LogP contribution in [0.4, 0.5) is 0 Å². The fourth-order valence-electron chi connectivity index (χ4n) is 1.83. The molecule has 0 aromatic carbocycles. The van der Waals surface area contributed by atoms with Crippen molar-refractivity contribution in [3.05, 3.63) is 0 Å². The topological polar surface area (TPSA) is 83.8 Å². The molecule has 0 aromatic heterocycles. The van der Waals surface area contributed by atoms with Crippen LogP contribution in [0.25, 0.3) is 0 Å². The number of aliphatic hydroxyl groups is 1. The first-order chi connectivity index (χ1) is 6.94. The van der Waals surface area contributed by atoms with Gasteiger partial charge in [0.1, 0.15) is 0 Å². The molecule has 2 N–H and O–H groups in total. The second-order valence-corrected chi connectivity index (χ2v) is 4.88. The van der Waals surface area contributed by atoms with Crippen LogP contribution in [-0.4, -0.2) is 40.2 Å². The van der Waals surface area contributed by atoms with E-state index >= 15 is 0 Å². The minimum Gasteiger partial charge on any atom is -0.480 e. The van der Waals surface area contributed by atoms with Crippen molar-refractivity contribution in [1.29, 1.82) is 0 Å². The molecule has 1 saturated carbocycles. The lowest BCUT2D eigenvalue weighted by Crippen LogP contribution is -2.48. The van der Waals surface area contributed by atoms with Gasteiger partial charge in [-0.15, -0.1) is 0 Å². The highest BCUT2D eigenvalue weighted by molar-refractivity contribution is 9.09. The molecule has 0 radical (unpaired) electrons. The standard InChI is InChI=1S/C9H13BrO5/c1-15-8(14)9(7(12)13)3-2-5(10)6(11)4-9/h5-6,11H,2-4H2,1H3,(H,12,13)/t5-,6+,9+/m0/s1. The summed E-state index contributed by atoms with van der Waals surface area (Å²) in [5.41, 5.74) is -1.58. The molecule has 1 fully saturated rings. The number of hydrogen-bond acceptors (Lipinski definition) is 4. The second kappa shape index (κ2) is 4.49. The fourth-order valence-corrected chi connectivity index (χ4v) is 2.24. The van der Waals surface area contributed by atoms with Crippen molar-refractivity contribution in [3.8, 4) is 0 Å². The number of ether oxygens (including phenoxy) is 1. The molecule has 1 rings (SSSR count). The van der Waals surface area contributed by atoms with Crippen LogP contribution in [0.15, 0.2) is 0 Å². The summed E-state index contributed by atoms with van der Waals surface area (Å²) in [4.78, 5) is 22.4. The number of carboxylic acid groups (broad SMARTS) is 1. The number of carbonyl (C=O) groups excluding carboxylic acids is 1. The Balaban J connectivity index is 2.94. The van der Waals surface area contributed by atoms with Crippen LogP contribution >= 0.6 is 15.9 Å². The Morgan fingerprint density at radius 2 is 2.13 bits per heavy atom. The largest absolute Gasteiger partial charge is 0.480 e. The number of carboxylic acids is 1. The maximum atomic E-state index is 11.5. The third kappa shape index (κ3) is 2.15. The summed E-state index contributed by atoms with van der Waals surface area (Å²) >= 11 is 3.23. The van der Waals surface area contributed by atoms with Crippen LogP contribution in [-0.2, 0) is 14.3 Å². The average molecular weight is 281 g/mol. The highest BCUT2D eigenvalue weighted by Gasteiger charge is 2.52. The third-order valence-corrected chi connectivity index (χ3v) is 3.88.